The van der Waals surface area contributed by atoms with Crippen LogP contribution in [0.25, 0.3) is 0 Å². The van der Waals surface area contributed by atoms with E-state index in [1.807, 2.05) is 145 Å². The second-order valence-electron chi connectivity index (χ2n) is 20.2. The number of carbonyl (C=O) groups is 3. The molecule has 0 aliphatic carbocycles. The van der Waals surface area contributed by atoms with Crippen molar-refractivity contribution in [3.8, 4) is 6.07 Å². The molecule has 0 aromatic rings. The molecule has 0 aromatic carbocycles. The fourth-order valence-electron chi connectivity index (χ4n) is 5.71. The van der Waals surface area contributed by atoms with E-state index in [1.54, 1.807) is 6.92 Å². The Hall–Kier alpha value is -2.06. The Morgan fingerprint density at radius 2 is 1.04 bits per heavy atom. The maximum Gasteiger partial charge on any atom is 0.225 e. The van der Waals surface area contributed by atoms with Gasteiger partial charge in [0.2, 0.25) is 11.8 Å². The molecule has 0 saturated heterocycles. The number of nitrogens with one attached hydrogen (secondary N) is 2. The topological polar surface area (TPSA) is 136 Å². The number of ether oxygens (including phenoxy) is 4. The lowest BCUT2D eigenvalue weighted by Crippen LogP contribution is -2.48. The van der Waals surface area contributed by atoms with Crippen LogP contribution in [-0.2, 0) is 33.3 Å². The van der Waals surface area contributed by atoms with Crippen LogP contribution in [0.4, 0.5) is 0 Å². The Bertz CT molecular complexity index is 1170. The monoisotopic (exact) mass is 784 g/mol. The normalized spacial score (nSPS) is 14.1. The molecule has 55 heavy (non-hydrogen) atoms. The van der Waals surface area contributed by atoms with Crippen LogP contribution in [0.15, 0.2) is 0 Å². The molecule has 0 spiro atoms. The molecule has 0 saturated carbocycles. The molecule has 2 amide bonds. The highest BCUT2D eigenvalue weighted by atomic mass is 16.6. The molecular formula is C45H89N3O7. The van der Waals surface area contributed by atoms with Crippen LogP contribution in [0.1, 0.15) is 191 Å². The van der Waals surface area contributed by atoms with Gasteiger partial charge in [-0.25, -0.2) is 0 Å². The molecule has 1 atom stereocenters. The molecule has 0 aliphatic heterocycles. The first-order valence-electron chi connectivity index (χ1n) is 20.7. The summed E-state index contributed by atoms with van der Waals surface area (Å²) in [6, 6.07) is 2.31. The van der Waals surface area contributed by atoms with Gasteiger partial charge in [-0.15, -0.1) is 0 Å². The molecule has 2 N–H and O–H groups in total. The largest absolute Gasteiger partial charge is 0.373 e. The predicted octanol–water partition coefficient (Wildman–Crippen LogP) is 10.2. The van der Waals surface area contributed by atoms with Gasteiger partial charge in [0.25, 0.3) is 0 Å². The molecule has 0 aliphatic rings. The van der Waals surface area contributed by atoms with E-state index < -0.39 is 38.8 Å². The molecule has 1 unspecified atom stereocenters. The maximum absolute atomic E-state index is 13.3. The number of Topliss-reactive ketones (excluding diaryl/α,β-unsaturated/α-hetero) is 1. The van der Waals surface area contributed by atoms with E-state index >= 15 is 0 Å². The van der Waals surface area contributed by atoms with Crippen molar-refractivity contribution in [3.63, 3.8) is 0 Å². The van der Waals surface area contributed by atoms with Gasteiger partial charge in [0.15, 0.2) is 0 Å². The van der Waals surface area contributed by atoms with Crippen molar-refractivity contribution >= 4 is 17.6 Å². The lowest BCUT2D eigenvalue weighted by Gasteiger charge is -2.41. The number of hydrogen-bond donors (Lipinski definition) is 2. The van der Waals surface area contributed by atoms with E-state index in [0.29, 0.717) is 58.4 Å². The van der Waals surface area contributed by atoms with Crippen LogP contribution >= 0.6 is 0 Å². The second kappa shape index (κ2) is 24.0. The lowest BCUT2D eigenvalue weighted by atomic mass is 9.80. The first kappa shape index (κ1) is 57.3. The summed E-state index contributed by atoms with van der Waals surface area (Å²) >= 11 is 0. The zero-order valence-corrected chi connectivity index (χ0v) is 40.0. The summed E-state index contributed by atoms with van der Waals surface area (Å²) in [5.74, 6) is 0.404. The Labute approximate surface area is 339 Å². The van der Waals surface area contributed by atoms with Crippen LogP contribution in [0.5, 0.6) is 0 Å². The smallest absolute Gasteiger partial charge is 0.225 e. The number of amides is 2. The van der Waals surface area contributed by atoms with Crippen LogP contribution in [0.3, 0.4) is 0 Å². The first-order valence-corrected chi connectivity index (χ1v) is 20.7. The molecule has 0 bridgehead atoms. The summed E-state index contributed by atoms with van der Waals surface area (Å²) in [6.07, 6.45) is 3.43. The third kappa shape index (κ3) is 29.8. The number of nitriles is 1. The molecule has 10 heteroatoms. The SMILES string of the molecule is CC.CC(=O)C(C)C.CCC(C)(C#N)CCC(=O)NCCC(C)(C)OCC(C)(C)OC(C)(C)CC(C)(C)C(=O)NCCC(C)(C)OCC(C)(C)OC(C)(C)C. The van der Waals surface area contributed by atoms with Gasteiger partial charge in [-0.1, -0.05) is 48.5 Å². The first-order chi connectivity index (χ1) is 24.5. The van der Waals surface area contributed by atoms with Gasteiger partial charge in [-0.05, 0) is 136 Å². The minimum atomic E-state index is -0.659. The maximum atomic E-state index is 13.3. The molecule has 326 valence electrons. The van der Waals surface area contributed by atoms with Crippen molar-refractivity contribution in [3.05, 3.63) is 0 Å². The molecule has 0 fully saturated rings. The molecule has 10 nitrogen and oxygen atoms in total. The Morgan fingerprint density at radius 3 is 1.40 bits per heavy atom. The highest BCUT2D eigenvalue weighted by Gasteiger charge is 2.39. The Kier molecular flexibility index (Phi) is 25.0. The summed E-state index contributed by atoms with van der Waals surface area (Å²) in [5.41, 5.74) is -3.91. The lowest BCUT2D eigenvalue weighted by molar-refractivity contribution is -0.183. The minimum Gasteiger partial charge on any atom is -0.373 e. The van der Waals surface area contributed by atoms with E-state index in [2.05, 4.69) is 16.7 Å². The number of ketones is 1. The van der Waals surface area contributed by atoms with E-state index in [4.69, 9.17) is 18.9 Å². The van der Waals surface area contributed by atoms with Crippen LogP contribution in [0.2, 0.25) is 0 Å². The fraction of sp³-hybridized carbons (Fsp3) is 0.911. The van der Waals surface area contributed by atoms with Gasteiger partial charge in [-0.2, -0.15) is 5.26 Å². The van der Waals surface area contributed by atoms with Gasteiger partial charge in [0.1, 0.15) is 5.78 Å². The van der Waals surface area contributed by atoms with Crippen molar-refractivity contribution in [1.82, 2.24) is 10.6 Å². The predicted molar refractivity (Wildman–Crippen MR) is 228 cm³/mol. The highest BCUT2D eigenvalue weighted by molar-refractivity contribution is 5.81. The van der Waals surface area contributed by atoms with Crippen LogP contribution in [-0.4, -0.2) is 77.5 Å². The quantitative estimate of drug-likeness (QED) is 0.105. The standard InChI is InChI=1S/C38H73N3O6.C5H10O.C2H6/c1-18-38(17,26-39)20-19-29(42)40-23-21-33(7,8)45-28-37(15,16)47-35(11,12)25-32(5,6)30(43)41-24-22-34(9,10)44-27-36(13,14)46-31(2,3)4;1-4(2)5(3)6;1-2/h18-25,27-28H2,1-17H3,(H,40,42)(H,41,43);4H,1-3H3;1-2H3. The van der Waals surface area contributed by atoms with Gasteiger partial charge >= 0.3 is 0 Å². The van der Waals surface area contributed by atoms with E-state index in [-0.39, 0.29) is 29.1 Å². The van der Waals surface area contributed by atoms with Crippen molar-refractivity contribution in [1.29, 1.82) is 5.26 Å². The highest BCUT2D eigenvalue weighted by Crippen LogP contribution is 2.34. The molecule has 0 radical (unpaired) electrons. The van der Waals surface area contributed by atoms with Gasteiger partial charge in [0, 0.05) is 30.8 Å². The zero-order valence-electron chi connectivity index (χ0n) is 40.0. The third-order valence-electron chi connectivity index (χ3n) is 9.07. The van der Waals surface area contributed by atoms with Crippen molar-refractivity contribution in [2.24, 2.45) is 16.7 Å². The molecule has 0 rings (SSSR count). The van der Waals surface area contributed by atoms with Crippen LogP contribution in [0, 0.1) is 28.1 Å². The third-order valence-corrected chi connectivity index (χ3v) is 9.07. The van der Waals surface area contributed by atoms with Crippen molar-refractivity contribution in [2.45, 2.75) is 224 Å². The van der Waals surface area contributed by atoms with Crippen molar-refractivity contribution in [2.75, 3.05) is 26.3 Å². The zero-order chi connectivity index (χ0) is 44.3. The summed E-state index contributed by atoms with van der Waals surface area (Å²) < 4.78 is 25.2. The molecule has 0 heterocycles. The second-order valence-corrected chi connectivity index (χ2v) is 20.2. The average molecular weight is 784 g/mol. The van der Waals surface area contributed by atoms with E-state index in [9.17, 15) is 19.6 Å². The summed E-state index contributed by atoms with van der Waals surface area (Å²) in [6.45, 7) is 45.2. The number of hydrogen-bond acceptors (Lipinski definition) is 8. The van der Waals surface area contributed by atoms with Gasteiger partial charge in [-0.3, -0.25) is 14.4 Å². The van der Waals surface area contributed by atoms with E-state index in [0.717, 1.165) is 6.42 Å². The minimum absolute atomic E-state index is 0.0226. The fourth-order valence-corrected chi connectivity index (χ4v) is 5.71. The Balaban J connectivity index is -0.00000305. The Morgan fingerprint density at radius 1 is 0.636 bits per heavy atom. The van der Waals surface area contributed by atoms with Crippen LogP contribution < -0.4 is 10.6 Å². The molecular weight excluding hydrogens is 695 g/mol. The molecule has 0 aromatic heterocycles. The summed E-state index contributed by atoms with van der Waals surface area (Å²) in [4.78, 5) is 35.8. The summed E-state index contributed by atoms with van der Waals surface area (Å²) in [5, 5.41) is 15.4. The summed E-state index contributed by atoms with van der Waals surface area (Å²) in [7, 11) is 0. The van der Waals surface area contributed by atoms with E-state index in [1.165, 1.54) is 0 Å². The van der Waals surface area contributed by atoms with Gasteiger partial charge in [0.05, 0.1) is 58.3 Å². The number of carbonyl (C=O) groups excluding carboxylic acids is 3. The average Bonchev–Trinajstić information content (AvgIpc) is 3.01. The van der Waals surface area contributed by atoms with Gasteiger partial charge < -0.3 is 29.6 Å². The number of rotatable bonds is 23. The van der Waals surface area contributed by atoms with Crippen molar-refractivity contribution < 1.29 is 33.3 Å². The number of nitrogens with zero attached hydrogens (tertiary/aromatic N) is 1.